The Hall–Kier alpha value is -1.59. The monoisotopic (exact) mass is 175 g/mol. The van der Waals surface area contributed by atoms with Crippen molar-refractivity contribution in [2.75, 3.05) is 0 Å². The first-order valence-corrected chi connectivity index (χ1v) is 3.14. The number of carboxylic acid groups (broad SMARTS) is 1. The summed E-state index contributed by atoms with van der Waals surface area (Å²) in [6.45, 7) is 2.30. The average Bonchev–Trinajstić information content (AvgIpc) is 1.98. The third-order valence-electron chi connectivity index (χ3n) is 1.08. The second kappa shape index (κ2) is 4.32. The number of hydrogen-bond acceptors (Lipinski definition) is 4. The Balaban J connectivity index is 4.23. The highest BCUT2D eigenvalue weighted by Gasteiger charge is 2.21. The fourth-order valence-electron chi connectivity index (χ4n) is 0.449. The van der Waals surface area contributed by atoms with Crippen LogP contribution in [0.3, 0.4) is 0 Å². The van der Waals surface area contributed by atoms with Crippen LogP contribution in [0.5, 0.6) is 0 Å². The second-order valence-electron chi connectivity index (χ2n) is 2.06. The van der Waals surface area contributed by atoms with Gasteiger partial charge in [0.05, 0.1) is 0 Å². The van der Waals surface area contributed by atoms with Crippen molar-refractivity contribution in [3.05, 3.63) is 0 Å². The van der Waals surface area contributed by atoms with Crippen molar-refractivity contribution < 1.29 is 24.3 Å². The fourth-order valence-corrected chi connectivity index (χ4v) is 0.449. The number of hydrogen-bond donors (Lipinski definition) is 1. The largest absolute Gasteiger partial charge is 0.480 e. The molecular formula is C6H9NO5. The highest BCUT2D eigenvalue weighted by molar-refractivity contribution is 5.76. The first-order chi connectivity index (χ1) is 5.49. The van der Waals surface area contributed by atoms with Gasteiger partial charge in [-0.1, -0.05) is 0 Å². The van der Waals surface area contributed by atoms with Crippen LogP contribution < -0.4 is 0 Å². The molecule has 1 amide bonds. The van der Waals surface area contributed by atoms with Gasteiger partial charge in [0.1, 0.15) is 0 Å². The maximum atomic E-state index is 10.3. The van der Waals surface area contributed by atoms with E-state index < -0.39 is 18.0 Å². The van der Waals surface area contributed by atoms with E-state index in [0.29, 0.717) is 5.06 Å². The van der Waals surface area contributed by atoms with E-state index in [1.54, 1.807) is 0 Å². The lowest BCUT2D eigenvalue weighted by Gasteiger charge is -2.18. The summed E-state index contributed by atoms with van der Waals surface area (Å²) in [6.07, 6.45) is 0.139. The molecule has 0 unspecified atom stereocenters. The molecule has 0 aromatic rings. The standard InChI is InChI=1S/C6H9NO5/c1-4(6(10)11)7(3-8)12-5(2)9/h3-4H,1-2H3,(H,10,11)/t4-/m0/s1. The zero-order valence-corrected chi connectivity index (χ0v) is 6.68. The van der Waals surface area contributed by atoms with Crippen molar-refractivity contribution in [2.45, 2.75) is 19.9 Å². The molecule has 0 aliphatic rings. The maximum Gasteiger partial charge on any atom is 0.329 e. The minimum atomic E-state index is -1.25. The van der Waals surface area contributed by atoms with Crippen LogP contribution in [-0.2, 0) is 19.2 Å². The molecule has 0 fully saturated rings. The van der Waals surface area contributed by atoms with Gasteiger partial charge in [0, 0.05) is 6.92 Å². The topological polar surface area (TPSA) is 83.9 Å². The molecule has 0 aliphatic carbocycles. The second-order valence-corrected chi connectivity index (χ2v) is 2.06. The number of carboxylic acids is 1. The van der Waals surface area contributed by atoms with Crippen molar-refractivity contribution >= 4 is 18.3 Å². The number of hydroxylamine groups is 2. The van der Waals surface area contributed by atoms with Crippen LogP contribution in [0, 0.1) is 0 Å². The van der Waals surface area contributed by atoms with Crippen LogP contribution in [0.1, 0.15) is 13.8 Å². The van der Waals surface area contributed by atoms with E-state index in [9.17, 15) is 14.4 Å². The lowest BCUT2D eigenvalue weighted by molar-refractivity contribution is -0.200. The molecule has 0 aromatic heterocycles. The number of carbonyl (C=O) groups is 3. The summed E-state index contributed by atoms with van der Waals surface area (Å²) in [5.74, 6) is -1.99. The number of carbonyl (C=O) groups excluding carboxylic acids is 2. The predicted molar refractivity (Wildman–Crippen MR) is 36.8 cm³/mol. The van der Waals surface area contributed by atoms with Gasteiger partial charge in [-0.05, 0) is 6.92 Å². The molecule has 0 aromatic carbocycles. The highest BCUT2D eigenvalue weighted by atomic mass is 16.7. The Morgan fingerprint density at radius 3 is 2.33 bits per heavy atom. The molecule has 6 heteroatoms. The maximum absolute atomic E-state index is 10.3. The number of amides is 1. The van der Waals surface area contributed by atoms with Crippen LogP contribution >= 0.6 is 0 Å². The molecule has 0 saturated heterocycles. The Kier molecular flexibility index (Phi) is 3.75. The first kappa shape index (κ1) is 10.4. The Morgan fingerprint density at radius 1 is 1.58 bits per heavy atom. The third-order valence-corrected chi connectivity index (χ3v) is 1.08. The molecule has 1 atom stereocenters. The predicted octanol–water partition coefficient (Wildman–Crippen LogP) is -0.604. The Morgan fingerprint density at radius 2 is 2.08 bits per heavy atom. The van der Waals surface area contributed by atoms with Gasteiger partial charge in [0.2, 0.25) is 6.41 Å². The van der Waals surface area contributed by atoms with Crippen molar-refractivity contribution in [1.82, 2.24) is 5.06 Å². The molecule has 1 N–H and O–H groups in total. The minimum absolute atomic E-state index is 0.139. The van der Waals surface area contributed by atoms with E-state index in [0.717, 1.165) is 6.92 Å². The SMILES string of the molecule is CC(=O)ON(C=O)[C@@H](C)C(=O)O. The highest BCUT2D eigenvalue weighted by Crippen LogP contribution is 1.97. The third kappa shape index (κ3) is 3.00. The van der Waals surface area contributed by atoms with E-state index in [4.69, 9.17) is 5.11 Å². The van der Waals surface area contributed by atoms with Gasteiger partial charge < -0.3 is 9.94 Å². The molecule has 0 bridgehead atoms. The van der Waals surface area contributed by atoms with E-state index >= 15 is 0 Å². The smallest absolute Gasteiger partial charge is 0.329 e. The fraction of sp³-hybridized carbons (Fsp3) is 0.500. The Bertz CT molecular complexity index is 202. The van der Waals surface area contributed by atoms with Gasteiger partial charge in [-0.15, -0.1) is 0 Å². The van der Waals surface area contributed by atoms with Crippen LogP contribution in [0.4, 0.5) is 0 Å². The van der Waals surface area contributed by atoms with Gasteiger partial charge in [-0.3, -0.25) is 9.59 Å². The summed E-state index contributed by atoms with van der Waals surface area (Å²) in [5.41, 5.74) is 0. The number of aliphatic carboxylic acids is 1. The van der Waals surface area contributed by atoms with E-state index in [-0.39, 0.29) is 6.41 Å². The van der Waals surface area contributed by atoms with Gasteiger partial charge in [0.25, 0.3) is 0 Å². The summed E-state index contributed by atoms with van der Waals surface area (Å²) in [6, 6.07) is -1.17. The van der Waals surface area contributed by atoms with Gasteiger partial charge in [-0.25, -0.2) is 4.79 Å². The van der Waals surface area contributed by atoms with Gasteiger partial charge in [-0.2, -0.15) is 5.06 Å². The molecule has 0 spiro atoms. The van der Waals surface area contributed by atoms with Gasteiger partial charge >= 0.3 is 11.9 Å². The summed E-state index contributed by atoms with van der Waals surface area (Å²) < 4.78 is 0. The van der Waals surface area contributed by atoms with Crippen molar-refractivity contribution in [1.29, 1.82) is 0 Å². The molecule has 0 aliphatic heterocycles. The molecule has 0 rings (SSSR count). The van der Waals surface area contributed by atoms with Gasteiger partial charge in [0.15, 0.2) is 6.04 Å². The van der Waals surface area contributed by atoms with Crippen LogP contribution in [0.25, 0.3) is 0 Å². The van der Waals surface area contributed by atoms with Crippen molar-refractivity contribution in [3.8, 4) is 0 Å². The molecular weight excluding hydrogens is 166 g/mol. The molecule has 12 heavy (non-hydrogen) atoms. The van der Waals surface area contributed by atoms with Crippen LogP contribution in [0.15, 0.2) is 0 Å². The lowest BCUT2D eigenvalue weighted by atomic mass is 10.3. The number of rotatable bonds is 4. The van der Waals surface area contributed by atoms with Crippen LogP contribution in [-0.4, -0.2) is 34.6 Å². The summed E-state index contributed by atoms with van der Waals surface area (Å²) in [7, 11) is 0. The molecule has 68 valence electrons. The molecule has 0 saturated carbocycles. The quantitative estimate of drug-likeness (QED) is 0.455. The molecule has 0 radical (unpaired) electrons. The van der Waals surface area contributed by atoms with E-state index in [1.807, 2.05) is 0 Å². The number of nitrogens with zero attached hydrogens (tertiary/aromatic N) is 1. The Labute approximate surface area is 68.7 Å². The van der Waals surface area contributed by atoms with E-state index in [1.165, 1.54) is 6.92 Å². The zero-order chi connectivity index (χ0) is 9.72. The van der Waals surface area contributed by atoms with Crippen molar-refractivity contribution in [3.63, 3.8) is 0 Å². The first-order valence-electron chi connectivity index (χ1n) is 3.14. The lowest BCUT2D eigenvalue weighted by Crippen LogP contribution is -2.39. The van der Waals surface area contributed by atoms with Crippen LogP contribution in [0.2, 0.25) is 0 Å². The normalized spacial score (nSPS) is 11.5. The minimum Gasteiger partial charge on any atom is -0.480 e. The summed E-state index contributed by atoms with van der Waals surface area (Å²) in [4.78, 5) is 35.1. The average molecular weight is 175 g/mol. The molecule has 6 nitrogen and oxygen atoms in total. The molecule has 0 heterocycles. The van der Waals surface area contributed by atoms with Crippen molar-refractivity contribution in [2.24, 2.45) is 0 Å². The van der Waals surface area contributed by atoms with E-state index in [2.05, 4.69) is 4.84 Å². The summed E-state index contributed by atoms with van der Waals surface area (Å²) >= 11 is 0. The summed E-state index contributed by atoms with van der Waals surface area (Å²) in [5, 5.41) is 8.84. The zero-order valence-electron chi connectivity index (χ0n) is 6.68.